The SMILES string of the molecule is CC(C)=CCNC1CC1(C)C. The highest BCUT2D eigenvalue weighted by atomic mass is 15.0. The van der Waals surface area contributed by atoms with Crippen molar-refractivity contribution < 1.29 is 0 Å². The summed E-state index contributed by atoms with van der Waals surface area (Å²) in [6, 6.07) is 0.762. The molecule has 1 N–H and O–H groups in total. The lowest BCUT2D eigenvalue weighted by molar-refractivity contribution is 0.561. The third-order valence-electron chi connectivity index (χ3n) is 2.39. The lowest BCUT2D eigenvalue weighted by atomic mass is 10.2. The fourth-order valence-corrected chi connectivity index (χ4v) is 1.22. The van der Waals surface area contributed by atoms with E-state index in [1.54, 1.807) is 0 Å². The van der Waals surface area contributed by atoms with Crippen molar-refractivity contribution in [3.63, 3.8) is 0 Å². The Kier molecular flexibility index (Phi) is 2.38. The Balaban J connectivity index is 2.12. The van der Waals surface area contributed by atoms with Crippen LogP contribution in [0.5, 0.6) is 0 Å². The van der Waals surface area contributed by atoms with E-state index in [1.165, 1.54) is 12.0 Å². The first-order valence-corrected chi connectivity index (χ1v) is 4.39. The van der Waals surface area contributed by atoms with Crippen LogP contribution in [0.15, 0.2) is 11.6 Å². The fourth-order valence-electron chi connectivity index (χ4n) is 1.22. The molecule has 11 heavy (non-hydrogen) atoms. The molecule has 0 aromatic carbocycles. The van der Waals surface area contributed by atoms with Crippen molar-refractivity contribution >= 4 is 0 Å². The minimum atomic E-state index is 0.565. The molecule has 0 bridgehead atoms. The second kappa shape index (κ2) is 2.98. The van der Waals surface area contributed by atoms with Crippen molar-refractivity contribution in [3.05, 3.63) is 11.6 Å². The van der Waals surface area contributed by atoms with E-state index in [0.29, 0.717) is 5.41 Å². The molecule has 0 saturated heterocycles. The van der Waals surface area contributed by atoms with Crippen molar-refractivity contribution in [3.8, 4) is 0 Å². The molecule has 1 saturated carbocycles. The van der Waals surface area contributed by atoms with E-state index in [4.69, 9.17) is 0 Å². The van der Waals surface area contributed by atoms with Crippen molar-refractivity contribution in [2.45, 2.75) is 40.2 Å². The molecule has 1 heteroatoms. The Morgan fingerprint density at radius 2 is 2.09 bits per heavy atom. The predicted octanol–water partition coefficient (Wildman–Crippen LogP) is 2.34. The molecule has 1 rings (SSSR count). The Morgan fingerprint density at radius 1 is 1.55 bits per heavy atom. The maximum atomic E-state index is 3.50. The summed E-state index contributed by atoms with van der Waals surface area (Å²) in [5.74, 6) is 0. The number of nitrogens with one attached hydrogen (secondary N) is 1. The third kappa shape index (κ3) is 2.66. The van der Waals surface area contributed by atoms with E-state index in [2.05, 4.69) is 39.1 Å². The molecule has 1 nitrogen and oxygen atoms in total. The minimum Gasteiger partial charge on any atom is -0.310 e. The summed E-state index contributed by atoms with van der Waals surface area (Å²) in [6.45, 7) is 9.94. The zero-order chi connectivity index (χ0) is 8.48. The van der Waals surface area contributed by atoms with Gasteiger partial charge in [0, 0.05) is 12.6 Å². The van der Waals surface area contributed by atoms with Gasteiger partial charge in [0.2, 0.25) is 0 Å². The summed E-state index contributed by atoms with van der Waals surface area (Å²) in [7, 11) is 0. The van der Waals surface area contributed by atoms with Gasteiger partial charge in [0.05, 0.1) is 0 Å². The van der Waals surface area contributed by atoms with Crippen LogP contribution in [0.2, 0.25) is 0 Å². The zero-order valence-corrected chi connectivity index (χ0v) is 8.07. The average molecular weight is 153 g/mol. The normalized spacial score (nSPS) is 26.4. The van der Waals surface area contributed by atoms with Crippen LogP contribution in [0.1, 0.15) is 34.1 Å². The number of rotatable bonds is 3. The van der Waals surface area contributed by atoms with Gasteiger partial charge >= 0.3 is 0 Å². The molecule has 64 valence electrons. The quantitative estimate of drug-likeness (QED) is 0.614. The molecule has 1 aliphatic rings. The first kappa shape index (κ1) is 8.79. The maximum absolute atomic E-state index is 3.50. The zero-order valence-electron chi connectivity index (χ0n) is 8.07. The second-order valence-corrected chi connectivity index (χ2v) is 4.44. The smallest absolute Gasteiger partial charge is 0.0140 e. The molecule has 0 radical (unpaired) electrons. The van der Waals surface area contributed by atoms with Gasteiger partial charge < -0.3 is 5.32 Å². The fraction of sp³-hybridized carbons (Fsp3) is 0.800. The van der Waals surface area contributed by atoms with Gasteiger partial charge in [0.15, 0.2) is 0 Å². The molecule has 0 aliphatic heterocycles. The van der Waals surface area contributed by atoms with E-state index in [1.807, 2.05) is 0 Å². The Morgan fingerprint density at radius 3 is 2.45 bits per heavy atom. The summed E-state index contributed by atoms with van der Waals surface area (Å²) < 4.78 is 0. The highest BCUT2D eigenvalue weighted by molar-refractivity contribution is 5.04. The van der Waals surface area contributed by atoms with Crippen molar-refractivity contribution in [1.29, 1.82) is 0 Å². The van der Waals surface area contributed by atoms with Crippen LogP contribution in [-0.4, -0.2) is 12.6 Å². The van der Waals surface area contributed by atoms with Crippen LogP contribution in [0, 0.1) is 5.41 Å². The van der Waals surface area contributed by atoms with E-state index >= 15 is 0 Å². The van der Waals surface area contributed by atoms with Crippen molar-refractivity contribution in [1.82, 2.24) is 5.32 Å². The van der Waals surface area contributed by atoms with Crippen LogP contribution in [0.4, 0.5) is 0 Å². The molecule has 0 aromatic rings. The molecule has 1 aliphatic carbocycles. The highest BCUT2D eigenvalue weighted by Crippen LogP contribution is 2.44. The molecule has 0 aromatic heterocycles. The summed E-state index contributed by atoms with van der Waals surface area (Å²) in [4.78, 5) is 0. The summed E-state index contributed by atoms with van der Waals surface area (Å²) in [5.41, 5.74) is 1.96. The van der Waals surface area contributed by atoms with Gasteiger partial charge in [-0.25, -0.2) is 0 Å². The largest absolute Gasteiger partial charge is 0.310 e. The van der Waals surface area contributed by atoms with Gasteiger partial charge in [0.25, 0.3) is 0 Å². The average Bonchev–Trinajstić information content (AvgIpc) is 2.39. The number of hydrogen-bond acceptors (Lipinski definition) is 1. The van der Waals surface area contributed by atoms with E-state index in [9.17, 15) is 0 Å². The Labute approximate surface area is 69.9 Å². The van der Waals surface area contributed by atoms with Crippen molar-refractivity contribution in [2.24, 2.45) is 5.41 Å². The molecule has 1 atom stereocenters. The van der Waals surface area contributed by atoms with Crippen molar-refractivity contribution in [2.75, 3.05) is 6.54 Å². The van der Waals surface area contributed by atoms with Gasteiger partial charge in [0.1, 0.15) is 0 Å². The van der Waals surface area contributed by atoms with Gasteiger partial charge in [-0.3, -0.25) is 0 Å². The Hall–Kier alpha value is -0.300. The van der Waals surface area contributed by atoms with Gasteiger partial charge in [-0.1, -0.05) is 25.5 Å². The van der Waals surface area contributed by atoms with Crippen LogP contribution >= 0.6 is 0 Å². The molecular weight excluding hydrogens is 134 g/mol. The lowest BCUT2D eigenvalue weighted by Gasteiger charge is -2.03. The second-order valence-electron chi connectivity index (χ2n) is 4.44. The van der Waals surface area contributed by atoms with E-state index < -0.39 is 0 Å². The Bertz CT molecular complexity index is 164. The van der Waals surface area contributed by atoms with Crippen LogP contribution in [0.25, 0.3) is 0 Å². The van der Waals surface area contributed by atoms with Gasteiger partial charge in [-0.15, -0.1) is 0 Å². The standard InChI is InChI=1S/C10H19N/c1-8(2)5-6-11-9-7-10(9,3)4/h5,9,11H,6-7H2,1-4H3. The predicted molar refractivity (Wildman–Crippen MR) is 49.6 cm³/mol. The lowest BCUT2D eigenvalue weighted by Crippen LogP contribution is -2.20. The molecule has 1 fully saturated rings. The van der Waals surface area contributed by atoms with E-state index in [0.717, 1.165) is 12.6 Å². The van der Waals surface area contributed by atoms with Crippen LogP contribution < -0.4 is 5.32 Å². The maximum Gasteiger partial charge on any atom is 0.0140 e. The highest BCUT2D eigenvalue weighted by Gasteiger charge is 2.44. The molecule has 0 heterocycles. The van der Waals surface area contributed by atoms with Gasteiger partial charge in [-0.05, 0) is 25.7 Å². The first-order valence-electron chi connectivity index (χ1n) is 4.39. The minimum absolute atomic E-state index is 0.565. The topological polar surface area (TPSA) is 12.0 Å². The number of hydrogen-bond donors (Lipinski definition) is 1. The molecule has 0 amide bonds. The molecule has 1 unspecified atom stereocenters. The van der Waals surface area contributed by atoms with Crippen LogP contribution in [-0.2, 0) is 0 Å². The third-order valence-corrected chi connectivity index (χ3v) is 2.39. The van der Waals surface area contributed by atoms with Gasteiger partial charge in [-0.2, -0.15) is 0 Å². The summed E-state index contributed by atoms with van der Waals surface area (Å²) in [6.07, 6.45) is 3.58. The summed E-state index contributed by atoms with van der Waals surface area (Å²) >= 11 is 0. The van der Waals surface area contributed by atoms with Crippen LogP contribution in [0.3, 0.4) is 0 Å². The van der Waals surface area contributed by atoms with E-state index in [-0.39, 0.29) is 0 Å². The monoisotopic (exact) mass is 153 g/mol. The molecule has 0 spiro atoms. The summed E-state index contributed by atoms with van der Waals surface area (Å²) in [5, 5.41) is 3.50. The first-order chi connectivity index (χ1) is 5.02. The number of allylic oxidation sites excluding steroid dienone is 1. The molecular formula is C10H19N.